The zero-order chi connectivity index (χ0) is 17.5. The molecule has 1 aromatic rings. The van der Waals surface area contributed by atoms with Crippen molar-refractivity contribution in [3.8, 4) is 0 Å². The number of amides is 2. The monoisotopic (exact) mass is 348 g/mol. The van der Waals surface area contributed by atoms with Crippen molar-refractivity contribution in [3.63, 3.8) is 0 Å². The second-order valence-corrected chi connectivity index (χ2v) is 6.31. The summed E-state index contributed by atoms with van der Waals surface area (Å²) in [4.78, 5) is 12.8. The van der Waals surface area contributed by atoms with E-state index in [1.165, 1.54) is 11.1 Å². The van der Waals surface area contributed by atoms with Crippen LogP contribution in [-0.2, 0) is 12.8 Å². The van der Waals surface area contributed by atoms with E-state index in [2.05, 4.69) is 49.6 Å². The van der Waals surface area contributed by atoms with E-state index in [4.69, 9.17) is 12.2 Å². The Morgan fingerprint density at radius 1 is 1.12 bits per heavy atom. The van der Waals surface area contributed by atoms with Crippen molar-refractivity contribution in [1.82, 2.24) is 15.3 Å². The van der Waals surface area contributed by atoms with E-state index in [1.807, 2.05) is 5.01 Å². The lowest BCUT2D eigenvalue weighted by molar-refractivity contribution is 0.136. The van der Waals surface area contributed by atoms with Crippen LogP contribution in [0.4, 0.5) is 10.5 Å². The molecule has 0 aromatic heterocycles. The Morgan fingerprint density at radius 3 is 2.33 bits per heavy atom. The molecule has 132 valence electrons. The predicted octanol–water partition coefficient (Wildman–Crippen LogP) is 3.55. The number of anilines is 1. The van der Waals surface area contributed by atoms with E-state index in [0.717, 1.165) is 44.5 Å². The third-order valence-electron chi connectivity index (χ3n) is 4.26. The summed E-state index contributed by atoms with van der Waals surface area (Å²) in [6, 6.07) is 6.09. The van der Waals surface area contributed by atoms with Gasteiger partial charge in [0.15, 0.2) is 5.11 Å². The molecule has 1 aliphatic heterocycles. The van der Waals surface area contributed by atoms with Gasteiger partial charge in [-0.2, -0.15) is 0 Å². The van der Waals surface area contributed by atoms with Crippen LogP contribution >= 0.6 is 12.2 Å². The van der Waals surface area contributed by atoms with Gasteiger partial charge in [-0.1, -0.05) is 39.0 Å². The van der Waals surface area contributed by atoms with Gasteiger partial charge >= 0.3 is 6.03 Å². The Labute approximate surface area is 150 Å². The molecule has 1 saturated heterocycles. The van der Waals surface area contributed by atoms with Crippen LogP contribution in [0.15, 0.2) is 18.2 Å². The van der Waals surface area contributed by atoms with Gasteiger partial charge in [-0.15, -0.1) is 0 Å². The molecule has 6 heteroatoms. The number of para-hydroxylation sites is 1. The molecule has 0 radical (unpaired) electrons. The van der Waals surface area contributed by atoms with E-state index in [-0.39, 0.29) is 6.03 Å². The average Bonchev–Trinajstić information content (AvgIpc) is 3.09. The van der Waals surface area contributed by atoms with Crippen molar-refractivity contribution in [2.45, 2.75) is 46.5 Å². The number of urea groups is 1. The SMILES string of the molecule is CCCNC(=S)N1CCCN1C(=O)Nc1c(CC)cccc1CC. The van der Waals surface area contributed by atoms with Crippen LogP contribution in [0, 0.1) is 0 Å². The minimum Gasteiger partial charge on any atom is -0.361 e. The molecule has 2 rings (SSSR count). The minimum absolute atomic E-state index is 0.108. The van der Waals surface area contributed by atoms with Crippen LogP contribution in [0.3, 0.4) is 0 Å². The molecule has 0 bridgehead atoms. The highest BCUT2D eigenvalue weighted by Gasteiger charge is 2.29. The Kier molecular flexibility index (Phi) is 6.85. The quantitative estimate of drug-likeness (QED) is 0.799. The summed E-state index contributed by atoms with van der Waals surface area (Å²) in [5, 5.41) is 10.5. The van der Waals surface area contributed by atoms with Gasteiger partial charge in [0, 0.05) is 25.3 Å². The standard InChI is InChI=1S/C18H28N4OS/c1-4-11-19-18(24)22-13-8-12-21(22)17(23)20-16-14(5-2)9-7-10-15(16)6-3/h7,9-10H,4-6,8,11-13H2,1-3H3,(H,19,24)(H,20,23). The number of nitrogens with zero attached hydrogens (tertiary/aromatic N) is 2. The lowest BCUT2D eigenvalue weighted by Crippen LogP contribution is -2.50. The summed E-state index contributed by atoms with van der Waals surface area (Å²) < 4.78 is 0. The first-order valence-corrected chi connectivity index (χ1v) is 9.27. The molecular formula is C18H28N4OS. The number of nitrogens with one attached hydrogen (secondary N) is 2. The van der Waals surface area contributed by atoms with Gasteiger partial charge in [0.2, 0.25) is 0 Å². The molecule has 1 heterocycles. The normalized spacial score (nSPS) is 14.0. The zero-order valence-corrected chi connectivity index (χ0v) is 15.7. The van der Waals surface area contributed by atoms with Gasteiger partial charge in [0.25, 0.3) is 0 Å². The molecule has 1 fully saturated rings. The second kappa shape index (κ2) is 8.87. The summed E-state index contributed by atoms with van der Waals surface area (Å²) in [5.41, 5.74) is 3.28. The summed E-state index contributed by atoms with van der Waals surface area (Å²) in [5.74, 6) is 0. The number of thiocarbonyl (C=S) groups is 1. The topological polar surface area (TPSA) is 47.6 Å². The molecular weight excluding hydrogens is 320 g/mol. The Balaban J connectivity index is 2.13. The first kappa shape index (κ1) is 18.5. The van der Waals surface area contributed by atoms with Gasteiger partial charge in [-0.25, -0.2) is 9.80 Å². The molecule has 0 aliphatic carbocycles. The van der Waals surface area contributed by atoms with Gasteiger partial charge < -0.3 is 10.6 Å². The fourth-order valence-electron chi connectivity index (χ4n) is 2.93. The van der Waals surface area contributed by atoms with Crippen LogP contribution in [0.25, 0.3) is 0 Å². The van der Waals surface area contributed by atoms with E-state index in [9.17, 15) is 4.79 Å². The van der Waals surface area contributed by atoms with Crippen LogP contribution in [0.5, 0.6) is 0 Å². The van der Waals surface area contributed by atoms with Crippen molar-refractivity contribution in [2.24, 2.45) is 0 Å². The van der Waals surface area contributed by atoms with Gasteiger partial charge in [-0.3, -0.25) is 5.01 Å². The Bertz CT molecular complexity index is 568. The highest BCUT2D eigenvalue weighted by Crippen LogP contribution is 2.24. The molecule has 24 heavy (non-hydrogen) atoms. The van der Waals surface area contributed by atoms with Crippen LogP contribution in [-0.4, -0.2) is 40.8 Å². The van der Waals surface area contributed by atoms with Crippen molar-refractivity contribution in [1.29, 1.82) is 0 Å². The van der Waals surface area contributed by atoms with E-state index in [0.29, 0.717) is 11.7 Å². The van der Waals surface area contributed by atoms with E-state index < -0.39 is 0 Å². The van der Waals surface area contributed by atoms with Gasteiger partial charge in [-0.05, 0) is 49.0 Å². The molecule has 1 aliphatic rings. The number of hydrogen-bond acceptors (Lipinski definition) is 2. The van der Waals surface area contributed by atoms with Crippen molar-refractivity contribution >= 4 is 29.0 Å². The number of carbonyl (C=O) groups excluding carboxylic acids is 1. The summed E-state index contributed by atoms with van der Waals surface area (Å²) in [7, 11) is 0. The van der Waals surface area contributed by atoms with Crippen molar-refractivity contribution in [2.75, 3.05) is 25.0 Å². The van der Waals surface area contributed by atoms with Crippen molar-refractivity contribution in [3.05, 3.63) is 29.3 Å². The second-order valence-electron chi connectivity index (χ2n) is 5.92. The van der Waals surface area contributed by atoms with Crippen LogP contribution < -0.4 is 10.6 Å². The summed E-state index contributed by atoms with van der Waals surface area (Å²) in [6.45, 7) is 8.60. The predicted molar refractivity (Wildman–Crippen MR) is 103 cm³/mol. The highest BCUT2D eigenvalue weighted by molar-refractivity contribution is 7.80. The molecule has 0 spiro atoms. The molecule has 0 saturated carbocycles. The van der Waals surface area contributed by atoms with Gasteiger partial charge in [0.1, 0.15) is 0 Å². The molecule has 2 amide bonds. The zero-order valence-electron chi connectivity index (χ0n) is 14.9. The number of aryl methyl sites for hydroxylation is 2. The Morgan fingerprint density at radius 2 is 1.75 bits per heavy atom. The molecule has 1 aromatic carbocycles. The molecule has 2 N–H and O–H groups in total. The van der Waals surface area contributed by atoms with Crippen LogP contribution in [0.2, 0.25) is 0 Å². The average molecular weight is 349 g/mol. The maximum atomic E-state index is 12.8. The summed E-state index contributed by atoms with van der Waals surface area (Å²) >= 11 is 5.43. The smallest absolute Gasteiger partial charge is 0.340 e. The number of hydrazine groups is 1. The highest BCUT2D eigenvalue weighted by atomic mass is 32.1. The lowest BCUT2D eigenvalue weighted by Gasteiger charge is -2.30. The van der Waals surface area contributed by atoms with E-state index in [1.54, 1.807) is 5.01 Å². The van der Waals surface area contributed by atoms with Gasteiger partial charge in [0.05, 0.1) is 0 Å². The summed E-state index contributed by atoms with van der Waals surface area (Å²) in [6.07, 6.45) is 3.72. The van der Waals surface area contributed by atoms with Crippen LogP contribution in [0.1, 0.15) is 44.7 Å². The minimum atomic E-state index is -0.108. The lowest BCUT2D eigenvalue weighted by atomic mass is 10.0. The maximum Gasteiger partial charge on any atom is 0.340 e. The maximum absolute atomic E-state index is 12.8. The van der Waals surface area contributed by atoms with E-state index >= 15 is 0 Å². The number of carbonyl (C=O) groups is 1. The first-order chi connectivity index (χ1) is 11.6. The largest absolute Gasteiger partial charge is 0.361 e. The third-order valence-corrected chi connectivity index (χ3v) is 4.61. The fraction of sp³-hybridized carbons (Fsp3) is 0.556. The molecule has 5 nitrogen and oxygen atoms in total. The number of benzene rings is 1. The molecule has 0 atom stereocenters. The molecule has 0 unspecified atom stereocenters. The number of rotatable bonds is 5. The third kappa shape index (κ3) is 4.17. The Hall–Kier alpha value is -1.82. The first-order valence-electron chi connectivity index (χ1n) is 8.86. The van der Waals surface area contributed by atoms with Crippen molar-refractivity contribution < 1.29 is 4.79 Å². The number of hydrogen-bond donors (Lipinski definition) is 2. The fourth-order valence-corrected chi connectivity index (χ4v) is 3.22.